The lowest BCUT2D eigenvalue weighted by atomic mass is 9.85. The van der Waals surface area contributed by atoms with E-state index in [4.69, 9.17) is 0 Å². The van der Waals surface area contributed by atoms with Crippen molar-refractivity contribution in [1.29, 1.82) is 0 Å². The van der Waals surface area contributed by atoms with Crippen molar-refractivity contribution in [2.45, 2.75) is 70.0 Å². The number of allylic oxidation sites excluding steroid dienone is 2. The second kappa shape index (κ2) is 12.4. The van der Waals surface area contributed by atoms with Crippen LogP contribution in [0.3, 0.4) is 0 Å². The number of likely N-dealkylation sites (tertiary alicyclic amines) is 1. The van der Waals surface area contributed by atoms with Crippen LogP contribution in [0.4, 0.5) is 0 Å². The van der Waals surface area contributed by atoms with Crippen molar-refractivity contribution >= 4 is 23.6 Å². The third-order valence-corrected chi connectivity index (χ3v) is 8.32. The van der Waals surface area contributed by atoms with Crippen molar-refractivity contribution in [1.82, 2.24) is 15.1 Å². The van der Waals surface area contributed by atoms with E-state index < -0.39 is 6.04 Å². The predicted octanol–water partition coefficient (Wildman–Crippen LogP) is 4.03. The molecule has 1 saturated heterocycles. The van der Waals surface area contributed by atoms with Gasteiger partial charge in [-0.2, -0.15) is 0 Å². The van der Waals surface area contributed by atoms with Crippen molar-refractivity contribution < 1.29 is 19.2 Å². The Bertz CT molecular complexity index is 1180. The van der Waals surface area contributed by atoms with E-state index in [1.807, 2.05) is 72.8 Å². The fourth-order valence-corrected chi connectivity index (χ4v) is 6.14. The minimum absolute atomic E-state index is 0.0147. The number of carbonyl (C=O) groups excluding carboxylic acids is 4. The molecule has 1 heterocycles. The van der Waals surface area contributed by atoms with Crippen LogP contribution in [0.15, 0.2) is 72.8 Å². The summed E-state index contributed by atoms with van der Waals surface area (Å²) in [5, 5.41) is 3.21. The molecule has 7 heteroatoms. The summed E-state index contributed by atoms with van der Waals surface area (Å²) in [6.45, 7) is 0.309. The summed E-state index contributed by atoms with van der Waals surface area (Å²) >= 11 is 0. The van der Waals surface area contributed by atoms with Gasteiger partial charge in [0.15, 0.2) is 0 Å². The first-order valence-corrected chi connectivity index (χ1v) is 14.2. The highest BCUT2D eigenvalue weighted by Gasteiger charge is 2.47. The molecule has 1 unspecified atom stereocenters. The van der Waals surface area contributed by atoms with Gasteiger partial charge in [0.1, 0.15) is 6.04 Å². The van der Waals surface area contributed by atoms with Crippen molar-refractivity contribution in [2.75, 3.05) is 6.54 Å². The number of imide groups is 1. The Morgan fingerprint density at radius 3 is 2.00 bits per heavy atom. The van der Waals surface area contributed by atoms with Crippen LogP contribution in [0, 0.1) is 11.8 Å². The van der Waals surface area contributed by atoms with Crippen LogP contribution in [-0.4, -0.2) is 52.1 Å². The van der Waals surface area contributed by atoms with Crippen LogP contribution in [0.25, 0.3) is 0 Å². The number of benzene rings is 2. The van der Waals surface area contributed by atoms with Crippen molar-refractivity contribution in [3.05, 3.63) is 83.9 Å². The number of fused-ring (bicyclic) bond motifs is 1. The molecule has 0 bridgehead atoms. The zero-order chi connectivity index (χ0) is 27.2. The Hall–Kier alpha value is -3.74. The van der Waals surface area contributed by atoms with E-state index in [-0.39, 0.29) is 61.0 Å². The van der Waals surface area contributed by atoms with Gasteiger partial charge in [0.05, 0.1) is 11.8 Å². The average molecular weight is 528 g/mol. The molecular formula is C32H37N3O4. The molecule has 2 aromatic rings. The van der Waals surface area contributed by atoms with Crippen LogP contribution >= 0.6 is 0 Å². The standard InChI is InChI=1S/C32H37N3O4/c36-29(19-20-34-31(38)26-17-9-10-18-27(26)32(34)39)35(22-24-13-5-2-6-14-24)28(21-23-11-3-1-4-12-23)30(37)33-25-15-7-8-16-25/h1-6,9-14,25-28H,7-8,15-22H2,(H,33,37)/t26-,27+,28?. The van der Waals surface area contributed by atoms with E-state index >= 15 is 0 Å². The van der Waals surface area contributed by atoms with Crippen LogP contribution < -0.4 is 5.32 Å². The van der Waals surface area contributed by atoms with Gasteiger partial charge in [-0.05, 0) is 36.8 Å². The average Bonchev–Trinajstić information content (AvgIpc) is 3.56. The number of rotatable bonds is 10. The van der Waals surface area contributed by atoms with Crippen LogP contribution in [0.2, 0.25) is 0 Å². The summed E-state index contributed by atoms with van der Waals surface area (Å²) in [7, 11) is 0. The molecule has 4 amide bonds. The van der Waals surface area contributed by atoms with Crippen molar-refractivity contribution in [3.8, 4) is 0 Å². The molecule has 0 radical (unpaired) electrons. The predicted molar refractivity (Wildman–Crippen MR) is 148 cm³/mol. The third-order valence-electron chi connectivity index (χ3n) is 8.32. The van der Waals surface area contributed by atoms with Crippen molar-refractivity contribution in [2.24, 2.45) is 11.8 Å². The lowest BCUT2D eigenvalue weighted by molar-refractivity contribution is -0.144. The number of nitrogens with zero attached hydrogens (tertiary/aromatic N) is 2. The SMILES string of the molecule is O=C(NC1CCCC1)C(Cc1ccccc1)N(Cc1ccccc1)C(=O)CCN1C(=O)[C@H]2CC=CC[C@H]2C1=O. The van der Waals surface area contributed by atoms with Gasteiger partial charge in [0, 0.05) is 32.0 Å². The number of carbonyl (C=O) groups is 4. The largest absolute Gasteiger partial charge is 0.352 e. The highest BCUT2D eigenvalue weighted by Crippen LogP contribution is 2.35. The van der Waals surface area contributed by atoms with Gasteiger partial charge < -0.3 is 10.2 Å². The first-order valence-electron chi connectivity index (χ1n) is 14.2. The fourth-order valence-electron chi connectivity index (χ4n) is 6.14. The summed E-state index contributed by atoms with van der Waals surface area (Å²) in [5.74, 6) is -1.40. The van der Waals surface area contributed by atoms with E-state index in [0.717, 1.165) is 36.8 Å². The summed E-state index contributed by atoms with van der Waals surface area (Å²) in [6.07, 6.45) is 9.51. The molecule has 0 spiro atoms. The summed E-state index contributed by atoms with van der Waals surface area (Å²) < 4.78 is 0. The lowest BCUT2D eigenvalue weighted by Crippen LogP contribution is -2.52. The number of nitrogens with one attached hydrogen (secondary N) is 1. The van der Waals surface area contributed by atoms with Gasteiger partial charge in [0.25, 0.3) is 0 Å². The van der Waals surface area contributed by atoms with Crippen molar-refractivity contribution in [3.63, 3.8) is 0 Å². The summed E-state index contributed by atoms with van der Waals surface area (Å²) in [6, 6.07) is 18.8. The van der Waals surface area contributed by atoms with Crippen LogP contribution in [-0.2, 0) is 32.1 Å². The second-order valence-corrected chi connectivity index (χ2v) is 10.9. The van der Waals surface area contributed by atoms with Gasteiger partial charge in [0.2, 0.25) is 23.6 Å². The van der Waals surface area contributed by atoms with Crippen LogP contribution in [0.1, 0.15) is 56.1 Å². The van der Waals surface area contributed by atoms with Gasteiger partial charge >= 0.3 is 0 Å². The van der Waals surface area contributed by atoms with Gasteiger partial charge in [-0.1, -0.05) is 85.7 Å². The number of hydrogen-bond donors (Lipinski definition) is 1. The smallest absolute Gasteiger partial charge is 0.243 e. The summed E-state index contributed by atoms with van der Waals surface area (Å²) in [4.78, 5) is 56.5. The Labute approximate surface area is 230 Å². The normalized spacial score (nSPS) is 21.6. The van der Waals surface area contributed by atoms with E-state index in [2.05, 4.69) is 5.32 Å². The zero-order valence-electron chi connectivity index (χ0n) is 22.3. The monoisotopic (exact) mass is 527 g/mol. The minimum atomic E-state index is -0.711. The molecule has 1 saturated carbocycles. The molecule has 1 N–H and O–H groups in total. The maximum Gasteiger partial charge on any atom is 0.243 e. The van der Waals surface area contributed by atoms with Gasteiger partial charge in [-0.15, -0.1) is 0 Å². The zero-order valence-corrected chi connectivity index (χ0v) is 22.3. The van der Waals surface area contributed by atoms with E-state index in [1.165, 1.54) is 4.90 Å². The summed E-state index contributed by atoms with van der Waals surface area (Å²) in [5.41, 5.74) is 1.89. The molecule has 0 aromatic heterocycles. The fraction of sp³-hybridized carbons (Fsp3) is 0.438. The molecular weight excluding hydrogens is 490 g/mol. The second-order valence-electron chi connectivity index (χ2n) is 10.9. The first-order chi connectivity index (χ1) is 19.0. The number of amides is 4. The molecule has 2 fully saturated rings. The molecule has 39 heavy (non-hydrogen) atoms. The molecule has 2 aliphatic carbocycles. The maximum atomic E-state index is 13.9. The molecule has 1 aliphatic heterocycles. The highest BCUT2D eigenvalue weighted by molar-refractivity contribution is 6.05. The number of hydrogen-bond acceptors (Lipinski definition) is 4. The first kappa shape index (κ1) is 26.9. The highest BCUT2D eigenvalue weighted by atomic mass is 16.2. The molecule has 2 aromatic carbocycles. The molecule has 5 rings (SSSR count). The molecule has 3 aliphatic rings. The molecule has 3 atom stereocenters. The molecule has 7 nitrogen and oxygen atoms in total. The third kappa shape index (κ3) is 6.29. The minimum Gasteiger partial charge on any atom is -0.352 e. The Morgan fingerprint density at radius 2 is 1.41 bits per heavy atom. The topological polar surface area (TPSA) is 86.8 Å². The lowest BCUT2D eigenvalue weighted by Gasteiger charge is -2.33. The quantitative estimate of drug-likeness (QED) is 0.373. The van der Waals surface area contributed by atoms with E-state index in [9.17, 15) is 19.2 Å². The van der Waals surface area contributed by atoms with Gasteiger partial charge in [-0.3, -0.25) is 24.1 Å². The van der Waals surface area contributed by atoms with Gasteiger partial charge in [-0.25, -0.2) is 0 Å². The maximum absolute atomic E-state index is 13.9. The van der Waals surface area contributed by atoms with Crippen LogP contribution in [0.5, 0.6) is 0 Å². The Morgan fingerprint density at radius 1 is 0.846 bits per heavy atom. The van der Waals surface area contributed by atoms with E-state index in [0.29, 0.717) is 19.3 Å². The Balaban J connectivity index is 1.37. The van der Waals surface area contributed by atoms with E-state index in [1.54, 1.807) is 4.90 Å². The molecule has 204 valence electrons. The Kier molecular flexibility index (Phi) is 8.54.